The molecule has 0 saturated carbocycles. The molecule has 0 unspecified atom stereocenters. The third kappa shape index (κ3) is 7.09. The second kappa shape index (κ2) is 10.4. The summed E-state index contributed by atoms with van der Waals surface area (Å²) in [5.41, 5.74) is 1.06. The molecule has 1 heterocycles. The van der Waals surface area contributed by atoms with Crippen LogP contribution in [0.15, 0.2) is 0 Å². The van der Waals surface area contributed by atoms with Gasteiger partial charge in [0.1, 0.15) is 6.61 Å². The van der Waals surface area contributed by atoms with E-state index >= 15 is 0 Å². The Morgan fingerprint density at radius 1 is 1.23 bits per heavy atom. The van der Waals surface area contributed by atoms with Crippen molar-refractivity contribution in [3.8, 4) is 0 Å². The Labute approximate surface area is 140 Å². The van der Waals surface area contributed by atoms with Crippen LogP contribution in [0.25, 0.3) is 0 Å². The molecule has 1 aliphatic heterocycles. The average molecular weight is 366 g/mol. The quantitative estimate of drug-likeness (QED) is 0.277. The summed E-state index contributed by atoms with van der Waals surface area (Å²) in [6, 6.07) is 0. The molecule has 0 atom stereocenters. The van der Waals surface area contributed by atoms with Gasteiger partial charge in [-0.15, -0.1) is 5.06 Å². The van der Waals surface area contributed by atoms with Gasteiger partial charge in [-0.3, -0.25) is 14.9 Å². The van der Waals surface area contributed by atoms with Crippen LogP contribution in [0.5, 0.6) is 0 Å². The number of hydrogen-bond donors (Lipinski definition) is 1. The van der Waals surface area contributed by atoms with Gasteiger partial charge >= 0.3 is 12.1 Å². The fraction of sp³-hybridized carbons (Fsp3) is 0.545. The van der Waals surface area contributed by atoms with Gasteiger partial charge in [-0.2, -0.15) is 0 Å². The topological polar surface area (TPSA) is 102 Å². The molecule has 0 spiro atoms. The lowest BCUT2D eigenvalue weighted by Gasteiger charge is -2.12. The Hall–Kier alpha value is -1.33. The fourth-order valence-corrected chi connectivity index (χ4v) is 3.20. The highest BCUT2D eigenvalue weighted by Crippen LogP contribution is 2.22. The number of imide groups is 1. The van der Waals surface area contributed by atoms with Crippen LogP contribution < -0.4 is 5.32 Å². The second-order valence-corrected chi connectivity index (χ2v) is 6.78. The van der Waals surface area contributed by atoms with E-state index in [1.807, 2.05) is 0 Å². The summed E-state index contributed by atoms with van der Waals surface area (Å²) in [7, 11) is 2.81. The lowest BCUT2D eigenvalue weighted by Crippen LogP contribution is -2.32. The minimum Gasteiger partial charge on any atom is -0.448 e. The monoisotopic (exact) mass is 366 g/mol. The molecule has 1 rings (SSSR count). The molecule has 1 aliphatic rings. The van der Waals surface area contributed by atoms with Crippen molar-refractivity contribution in [3.05, 3.63) is 0 Å². The van der Waals surface area contributed by atoms with Crippen LogP contribution in [0.2, 0.25) is 0 Å². The number of hydroxylamine groups is 2. The van der Waals surface area contributed by atoms with E-state index in [0.717, 1.165) is 5.49 Å². The fourth-order valence-electron chi connectivity index (χ4n) is 1.31. The van der Waals surface area contributed by atoms with Crippen molar-refractivity contribution in [2.45, 2.75) is 19.3 Å². The number of thiocarbonyl (C=S) groups is 1. The van der Waals surface area contributed by atoms with Gasteiger partial charge in [-0.05, 0) is 0 Å². The molecular weight excluding hydrogens is 352 g/mol. The van der Waals surface area contributed by atoms with E-state index in [0.29, 0.717) is 16.6 Å². The predicted molar refractivity (Wildman–Crippen MR) is 84.9 cm³/mol. The molecule has 1 fully saturated rings. The number of nitrogens with zero attached hydrogens (tertiary/aromatic N) is 1. The standard InChI is InChI=1S/C11H14N2O6S3/c14-8-1-2-9(15)13(8)19-10(16)3-5-21-22-6-4-18-11(17)12-7-20/h7H,1-6H2,(H,12,17,20). The van der Waals surface area contributed by atoms with E-state index < -0.39 is 23.9 Å². The molecule has 0 bridgehead atoms. The number of carbonyl (C=O) groups is 4. The Morgan fingerprint density at radius 2 is 1.86 bits per heavy atom. The SMILES string of the molecule is O=C(CCSSCCOC(=O)NC=S)ON1C(=O)CCC1=O. The summed E-state index contributed by atoms with van der Waals surface area (Å²) in [6.07, 6.45) is -0.383. The number of amides is 3. The molecule has 0 aromatic heterocycles. The van der Waals surface area contributed by atoms with Crippen molar-refractivity contribution in [1.82, 2.24) is 10.4 Å². The zero-order chi connectivity index (χ0) is 16.4. The second-order valence-electron chi connectivity index (χ2n) is 3.84. The van der Waals surface area contributed by atoms with E-state index in [1.165, 1.54) is 21.6 Å². The highest BCUT2D eigenvalue weighted by atomic mass is 33.1. The molecule has 22 heavy (non-hydrogen) atoms. The number of ether oxygens (including phenoxy) is 1. The highest BCUT2D eigenvalue weighted by molar-refractivity contribution is 8.76. The smallest absolute Gasteiger partial charge is 0.411 e. The van der Waals surface area contributed by atoms with Gasteiger partial charge in [0.15, 0.2) is 0 Å². The summed E-state index contributed by atoms with van der Waals surface area (Å²) in [5.74, 6) is -0.618. The maximum absolute atomic E-state index is 11.5. The third-order valence-corrected chi connectivity index (χ3v) is 4.74. The molecule has 0 aromatic rings. The zero-order valence-corrected chi connectivity index (χ0v) is 13.9. The van der Waals surface area contributed by atoms with Gasteiger partial charge in [0.25, 0.3) is 11.8 Å². The van der Waals surface area contributed by atoms with E-state index in [-0.39, 0.29) is 25.9 Å². The van der Waals surface area contributed by atoms with Crippen molar-refractivity contribution in [2.24, 2.45) is 0 Å². The maximum Gasteiger partial charge on any atom is 0.411 e. The maximum atomic E-state index is 11.5. The molecule has 3 amide bonds. The predicted octanol–water partition coefficient (Wildman–Crippen LogP) is 1.05. The lowest BCUT2D eigenvalue weighted by molar-refractivity contribution is -0.197. The van der Waals surface area contributed by atoms with Crippen molar-refractivity contribution < 1.29 is 28.8 Å². The molecular formula is C11H14N2O6S3. The molecule has 0 aromatic carbocycles. The van der Waals surface area contributed by atoms with Crippen LogP contribution >= 0.6 is 33.8 Å². The molecule has 11 heteroatoms. The molecule has 122 valence electrons. The van der Waals surface area contributed by atoms with Gasteiger partial charge < -0.3 is 9.57 Å². The molecule has 0 radical (unpaired) electrons. The summed E-state index contributed by atoms with van der Waals surface area (Å²) >= 11 is 4.42. The third-order valence-electron chi connectivity index (χ3n) is 2.25. The largest absolute Gasteiger partial charge is 0.448 e. The number of nitrogens with one attached hydrogen (secondary N) is 1. The highest BCUT2D eigenvalue weighted by Gasteiger charge is 2.32. The Kier molecular flexibility index (Phi) is 8.85. The summed E-state index contributed by atoms with van der Waals surface area (Å²) in [6.45, 7) is 0.216. The average Bonchev–Trinajstić information content (AvgIpc) is 2.78. The van der Waals surface area contributed by atoms with Crippen molar-refractivity contribution in [2.75, 3.05) is 18.1 Å². The van der Waals surface area contributed by atoms with Gasteiger partial charge in [0, 0.05) is 24.3 Å². The van der Waals surface area contributed by atoms with Crippen LogP contribution in [-0.4, -0.2) is 52.5 Å². The Morgan fingerprint density at radius 3 is 2.50 bits per heavy atom. The van der Waals surface area contributed by atoms with Crippen molar-refractivity contribution >= 4 is 63.2 Å². The van der Waals surface area contributed by atoms with Crippen molar-refractivity contribution in [3.63, 3.8) is 0 Å². The van der Waals surface area contributed by atoms with Gasteiger partial charge in [-0.25, -0.2) is 9.59 Å². The Bertz CT molecular complexity index is 443. The minimum absolute atomic E-state index is 0.0704. The first kappa shape index (κ1) is 18.7. The number of rotatable bonds is 9. The zero-order valence-electron chi connectivity index (χ0n) is 11.4. The van der Waals surface area contributed by atoms with Crippen LogP contribution in [0, 0.1) is 0 Å². The van der Waals surface area contributed by atoms with Crippen LogP contribution in [0.3, 0.4) is 0 Å². The summed E-state index contributed by atoms with van der Waals surface area (Å²) in [4.78, 5) is 49.5. The lowest BCUT2D eigenvalue weighted by atomic mass is 10.4. The van der Waals surface area contributed by atoms with Gasteiger partial charge in [0.05, 0.1) is 11.9 Å². The summed E-state index contributed by atoms with van der Waals surface area (Å²) in [5, 5.41) is 2.73. The number of carbonyl (C=O) groups excluding carboxylic acids is 4. The first-order valence-electron chi connectivity index (χ1n) is 6.22. The Balaban J connectivity index is 2.01. The van der Waals surface area contributed by atoms with E-state index in [4.69, 9.17) is 9.57 Å². The van der Waals surface area contributed by atoms with E-state index in [9.17, 15) is 19.2 Å². The molecule has 0 aliphatic carbocycles. The van der Waals surface area contributed by atoms with Gasteiger partial charge in [0.2, 0.25) is 0 Å². The summed E-state index contributed by atoms with van der Waals surface area (Å²) < 4.78 is 4.77. The number of alkyl carbamates (subject to hydrolysis) is 1. The van der Waals surface area contributed by atoms with Crippen molar-refractivity contribution in [1.29, 1.82) is 0 Å². The van der Waals surface area contributed by atoms with E-state index in [1.54, 1.807) is 0 Å². The van der Waals surface area contributed by atoms with Crippen LogP contribution in [-0.2, 0) is 24.0 Å². The van der Waals surface area contributed by atoms with Crippen LogP contribution in [0.4, 0.5) is 4.79 Å². The first-order chi connectivity index (χ1) is 10.5. The molecule has 1 saturated heterocycles. The number of hydrogen-bond acceptors (Lipinski definition) is 9. The normalized spacial score (nSPS) is 13.9. The minimum atomic E-state index is -0.631. The van der Waals surface area contributed by atoms with Gasteiger partial charge in [-0.1, -0.05) is 33.8 Å². The first-order valence-corrected chi connectivity index (χ1v) is 9.18. The van der Waals surface area contributed by atoms with E-state index in [2.05, 4.69) is 17.5 Å². The molecule has 1 N–H and O–H groups in total. The van der Waals surface area contributed by atoms with Crippen LogP contribution in [0.1, 0.15) is 19.3 Å². The molecule has 8 nitrogen and oxygen atoms in total.